The van der Waals surface area contributed by atoms with Gasteiger partial charge in [0, 0.05) is 119 Å². The molecule has 0 atom stereocenters. The lowest BCUT2D eigenvalue weighted by molar-refractivity contribution is -0.142. The van der Waals surface area contributed by atoms with Gasteiger partial charge < -0.3 is 60.4 Å². The van der Waals surface area contributed by atoms with E-state index < -0.39 is 17.1 Å². The van der Waals surface area contributed by atoms with E-state index in [-0.39, 0.29) is 78.0 Å². The highest BCUT2D eigenvalue weighted by atomic mass is 36.0. The molecule has 9 heterocycles. The number of aromatic nitrogens is 12. The molecule has 45 heteroatoms. The van der Waals surface area contributed by atoms with Gasteiger partial charge in [-0.15, -0.1) is 0 Å². The van der Waals surface area contributed by atoms with Gasteiger partial charge in [-0.05, 0) is 152 Å². The molecular weight excluding hydrogens is 1770 g/mol. The summed E-state index contributed by atoms with van der Waals surface area (Å²) >= 11 is 59.4. The molecule has 0 bridgehead atoms. The van der Waals surface area contributed by atoms with Gasteiger partial charge in [0.2, 0.25) is 0 Å². The highest BCUT2D eigenvalue weighted by Gasteiger charge is 2.15. The number of hydrogen-bond acceptors (Lipinski definition) is 31. The van der Waals surface area contributed by atoms with Crippen molar-refractivity contribution in [1.29, 1.82) is 5.41 Å². The predicted molar refractivity (Wildman–Crippen MR) is 453 cm³/mol. The SMILES string of the molecule is C.CCO.CCOC(=O)CC(=O)c1ccnc(Cl)c1.CCOC(=O)c1ccnc(Cl)c1.COC(CN)OC.COC(CNc1cc(-c2ccnc(Cl)c2)nc(SC)n1)OC.CSC(=N)N.CSc1nc(-c2ccnc(Cl)c2)cc(=O)[nH]1.CSc1nc(Cl)cc(-c2ccnc(Cl)c2)n1.O=C(O)c1ccnc(Cl)c1.O=P(Cl)(Cl)Cl. The number of aliphatic hydroxyl groups is 1. The first-order valence-corrected chi connectivity index (χ1v) is 42.8. The van der Waals surface area contributed by atoms with E-state index in [2.05, 4.69) is 104 Å². The highest BCUT2D eigenvalue weighted by Crippen LogP contribution is 2.61. The zero-order chi connectivity index (χ0) is 84.0. The number of rotatable bonds is 21. The van der Waals surface area contributed by atoms with E-state index in [0.717, 1.165) is 28.1 Å². The molecular formula is C67H81Cl10N16O14PS4. The molecule has 112 heavy (non-hydrogen) atoms. The van der Waals surface area contributed by atoms with Crippen LogP contribution in [0.3, 0.4) is 0 Å². The van der Waals surface area contributed by atoms with Gasteiger partial charge in [-0.3, -0.25) is 24.4 Å². The van der Waals surface area contributed by atoms with Gasteiger partial charge in [0.25, 0.3) is 5.56 Å². The lowest BCUT2D eigenvalue weighted by Crippen LogP contribution is -2.24. The van der Waals surface area contributed by atoms with Crippen molar-refractivity contribution in [3.8, 4) is 33.8 Å². The van der Waals surface area contributed by atoms with Gasteiger partial charge in [-0.2, -0.15) is 0 Å². The number of thioether (sulfide) groups is 4. The van der Waals surface area contributed by atoms with Crippen molar-refractivity contribution in [2.75, 3.05) is 91.7 Å². The van der Waals surface area contributed by atoms with Crippen molar-refractivity contribution in [2.24, 2.45) is 11.5 Å². The number of nitrogens with two attached hydrogens (primary N) is 2. The Morgan fingerprint density at radius 2 is 0.929 bits per heavy atom. The molecule has 0 fully saturated rings. The minimum atomic E-state index is -3.22. The Balaban J connectivity index is 0. The number of methoxy groups -OCH3 is 4. The van der Waals surface area contributed by atoms with Crippen LogP contribution in [0, 0.1) is 5.41 Å². The van der Waals surface area contributed by atoms with E-state index in [0.29, 0.717) is 83.6 Å². The van der Waals surface area contributed by atoms with Gasteiger partial charge >= 0.3 is 23.1 Å². The maximum atomic E-state index is 11.5. The Morgan fingerprint density at radius 3 is 1.29 bits per heavy atom. The molecule has 0 aliphatic rings. The average Bonchev–Trinajstić information content (AvgIpc) is 0.855. The second kappa shape index (κ2) is 62.9. The molecule has 0 saturated carbocycles. The molecule has 0 aliphatic heterocycles. The maximum absolute atomic E-state index is 11.5. The van der Waals surface area contributed by atoms with Gasteiger partial charge in [0.15, 0.2) is 39.0 Å². The first-order chi connectivity index (χ1) is 52.6. The number of ether oxygens (including phenoxy) is 6. The quantitative estimate of drug-likeness (QED) is 0.00300. The molecule has 0 spiro atoms. The minimum absolute atomic E-state index is 0. The van der Waals surface area contributed by atoms with Crippen LogP contribution < -0.4 is 22.3 Å². The summed E-state index contributed by atoms with van der Waals surface area (Å²) in [7, 11) is 6.29. The van der Waals surface area contributed by atoms with Crippen LogP contribution in [0.15, 0.2) is 148 Å². The summed E-state index contributed by atoms with van der Waals surface area (Å²) < 4.78 is 38.6. The summed E-state index contributed by atoms with van der Waals surface area (Å²) in [5.41, 5.74) is 15.4. The average molecular weight is 1850 g/mol. The number of aromatic amines is 1. The smallest absolute Gasteiger partial charge is 0.339 e. The Bertz CT molecular complexity index is 4380. The van der Waals surface area contributed by atoms with E-state index >= 15 is 0 Å². The number of carboxylic acids is 1. The summed E-state index contributed by atoms with van der Waals surface area (Å²) in [6.45, 7) is 6.88. The van der Waals surface area contributed by atoms with Crippen LogP contribution in [-0.4, -0.2) is 198 Å². The molecule has 0 radical (unpaired) electrons. The fourth-order valence-corrected chi connectivity index (χ4v) is 9.22. The largest absolute Gasteiger partial charge is 0.478 e. The summed E-state index contributed by atoms with van der Waals surface area (Å²) in [5.74, 6) is -1.53. The Kier molecular flexibility index (Phi) is 60.4. The topological polar surface area (TPSA) is 444 Å². The van der Waals surface area contributed by atoms with Gasteiger partial charge in [0.1, 0.15) is 48.3 Å². The summed E-state index contributed by atoms with van der Waals surface area (Å²) in [4.78, 5) is 102. The van der Waals surface area contributed by atoms with E-state index in [1.54, 1.807) is 110 Å². The number of pyridine rings is 6. The van der Waals surface area contributed by atoms with Crippen LogP contribution in [0.2, 0.25) is 36.1 Å². The molecule has 0 aromatic carbocycles. The van der Waals surface area contributed by atoms with E-state index in [1.807, 2.05) is 37.0 Å². The second-order valence-corrected chi connectivity index (χ2v) is 31.7. The first-order valence-electron chi connectivity index (χ1n) is 30.8. The molecule has 0 unspecified atom stereocenters. The Morgan fingerprint density at radius 1 is 0.554 bits per heavy atom. The standard InChI is InChI=1S/C14H17ClN4O2S.C10H7Cl2N3S.C10H8ClN3OS.C10H10ClNO3.C8H8ClNO2.C6H4ClNO2.C4H11NO2.C2H6N2S.C2H6O.CH4.Cl3OP/c1-20-13(21-2)8-17-12-7-10(18-14(19-12)22-3)9-4-5-16-11(15)6-9;1-16-10-14-7(5-9(12)15-10)6-2-3-13-8(11)4-6;1-16-10-13-7(5-9(15)14-10)6-2-3-12-8(11)4-6;1-2-15-10(14)6-8(13)7-3-4-12-9(11)5-7;1-2-12-8(11)6-3-4-10-7(9)5-6;7-5-3-4(6(9)10)1-2-8-5;1-6-4(3-5)7-2;1-5-2(3)4;1-2-3;;1-5(2,3)4/h4-7,13H,8H2,1-3H3,(H,17,18,19);2-5H,1H3;2-5H,1H3,(H,13,14,15);3-5H,2,6H2,1H3;3-5H,2H2,1H3;1-3H,(H,9,10);4H,3,5H2,1-2H3;1H3,(H3,3,4);3H,2H2,1H3;1H4;. The number of amidine groups is 1. The minimum Gasteiger partial charge on any atom is -0.478 e. The summed E-state index contributed by atoms with van der Waals surface area (Å²) in [6, 6.07) is 24.3. The Labute approximate surface area is 714 Å². The third-order valence-electron chi connectivity index (χ3n) is 11.5. The number of aliphatic hydroxyl groups excluding tert-OH is 1. The summed E-state index contributed by atoms with van der Waals surface area (Å²) in [6.07, 6.45) is 15.7. The zero-order valence-corrected chi connectivity index (χ0v) is 72.5. The van der Waals surface area contributed by atoms with Crippen molar-refractivity contribution >= 4 is 202 Å². The van der Waals surface area contributed by atoms with Crippen molar-refractivity contribution in [3.63, 3.8) is 0 Å². The number of H-pyrrole nitrogens is 1. The number of esters is 2. The fraction of sp³-hybridized carbons (Fsp3) is 0.299. The lowest BCUT2D eigenvalue weighted by atomic mass is 10.1. The number of aromatic carboxylic acids is 1. The normalized spacial score (nSPS) is 9.94. The lowest BCUT2D eigenvalue weighted by Gasteiger charge is -2.15. The van der Waals surface area contributed by atoms with Crippen LogP contribution in [0.4, 0.5) is 5.82 Å². The van der Waals surface area contributed by atoms with Crippen molar-refractivity contribution in [3.05, 3.63) is 191 Å². The fourth-order valence-electron chi connectivity index (χ4n) is 6.80. The Hall–Kier alpha value is -6.42. The zero-order valence-electron chi connectivity index (χ0n) is 60.7. The van der Waals surface area contributed by atoms with Gasteiger partial charge in [0.05, 0.1) is 48.0 Å². The number of nitrogens with one attached hydrogen (secondary N) is 3. The number of halogens is 10. The molecule has 9 N–H and O–H groups in total. The number of carboxylic acid groups (broad SMARTS) is 1. The van der Waals surface area contributed by atoms with Crippen LogP contribution in [0.5, 0.6) is 0 Å². The number of hydrogen-bond donors (Lipinski definition) is 7. The van der Waals surface area contributed by atoms with Crippen molar-refractivity contribution < 1.29 is 62.4 Å². The summed E-state index contributed by atoms with van der Waals surface area (Å²) in [5, 5.41) is 26.9. The van der Waals surface area contributed by atoms with Crippen LogP contribution >= 0.6 is 167 Å². The molecule has 0 aliphatic carbocycles. The number of carbonyl (C=O) groups excluding carboxylic acids is 3. The number of ketones is 1. The van der Waals surface area contributed by atoms with E-state index in [4.69, 9.17) is 132 Å². The molecule has 9 aromatic rings. The van der Waals surface area contributed by atoms with Crippen LogP contribution in [-0.2, 0) is 37.8 Å². The van der Waals surface area contributed by atoms with E-state index in [1.165, 1.54) is 102 Å². The molecule has 612 valence electrons. The molecule has 0 amide bonds. The number of carbonyl (C=O) groups is 4. The highest BCUT2D eigenvalue weighted by molar-refractivity contribution is 8.24. The van der Waals surface area contributed by atoms with Crippen LogP contribution in [0.1, 0.15) is 65.7 Å². The molecule has 0 saturated heterocycles. The predicted octanol–water partition coefficient (Wildman–Crippen LogP) is 17.2. The second-order valence-electron chi connectivity index (χ2n) is 19.2. The number of Topliss-reactive ketones (excluding diaryl/α,β-unsaturated/α-hetero) is 1. The van der Waals surface area contributed by atoms with Gasteiger partial charge in [-0.1, -0.05) is 136 Å². The third kappa shape index (κ3) is 50.7. The number of anilines is 1. The number of nitrogens with zero attached hydrogens (tertiary/aromatic N) is 11. The molecule has 9 rings (SSSR count). The van der Waals surface area contributed by atoms with E-state index in [9.17, 15) is 28.5 Å². The molecule has 9 aromatic heterocycles. The monoisotopic (exact) mass is 1840 g/mol. The van der Waals surface area contributed by atoms with Crippen molar-refractivity contribution in [2.45, 2.75) is 62.7 Å². The van der Waals surface area contributed by atoms with Gasteiger partial charge in [-0.25, -0.2) is 64.4 Å². The first kappa shape index (κ1) is 108. The molecule has 30 nitrogen and oxygen atoms in total. The van der Waals surface area contributed by atoms with Crippen LogP contribution in [0.25, 0.3) is 33.8 Å². The maximum Gasteiger partial charge on any atom is 0.339 e. The van der Waals surface area contributed by atoms with Crippen molar-refractivity contribution in [1.82, 2.24) is 59.8 Å². The third-order valence-corrected chi connectivity index (χ3v) is 15.1.